The molecule has 3 fully saturated rings. The lowest BCUT2D eigenvalue weighted by atomic mass is 9.86. The second-order valence-corrected chi connectivity index (χ2v) is 7.61. The first-order valence-electron chi connectivity index (χ1n) is 9.32. The summed E-state index contributed by atoms with van der Waals surface area (Å²) < 4.78 is 0. The summed E-state index contributed by atoms with van der Waals surface area (Å²) in [5, 5.41) is 3.87. The Morgan fingerprint density at radius 1 is 0.900 bits per heavy atom. The first-order chi connectivity index (χ1) is 9.84. The molecule has 1 aliphatic heterocycles. The van der Waals surface area contributed by atoms with Crippen LogP contribution in [0.3, 0.4) is 0 Å². The first kappa shape index (κ1) is 14.8. The molecule has 0 aromatic rings. The number of hydrogen-bond donors (Lipinski definition) is 1. The predicted molar refractivity (Wildman–Crippen MR) is 86.0 cm³/mol. The fraction of sp³-hybridized carbons (Fsp3) is 1.00. The molecule has 0 bridgehead atoms. The summed E-state index contributed by atoms with van der Waals surface area (Å²) in [7, 11) is 0. The van der Waals surface area contributed by atoms with Gasteiger partial charge < -0.3 is 5.32 Å². The summed E-state index contributed by atoms with van der Waals surface area (Å²) in [6.07, 6.45) is 14.7. The van der Waals surface area contributed by atoms with Crippen molar-refractivity contribution in [1.82, 2.24) is 10.2 Å². The van der Waals surface area contributed by atoms with E-state index in [0.29, 0.717) is 0 Å². The molecule has 0 radical (unpaired) electrons. The van der Waals surface area contributed by atoms with Crippen LogP contribution >= 0.6 is 0 Å². The molecule has 2 saturated carbocycles. The second kappa shape index (κ2) is 7.26. The lowest BCUT2D eigenvalue weighted by Crippen LogP contribution is -2.44. The Morgan fingerprint density at radius 3 is 2.45 bits per heavy atom. The molecule has 1 N–H and O–H groups in total. The third-order valence-electron chi connectivity index (χ3n) is 6.28. The minimum atomic E-state index is 0.802. The van der Waals surface area contributed by atoms with Crippen LogP contribution in [-0.2, 0) is 0 Å². The van der Waals surface area contributed by atoms with E-state index in [1.165, 1.54) is 83.8 Å². The molecule has 2 nitrogen and oxygen atoms in total. The van der Waals surface area contributed by atoms with Crippen LogP contribution in [0.4, 0.5) is 0 Å². The van der Waals surface area contributed by atoms with Gasteiger partial charge in [-0.2, -0.15) is 0 Å². The van der Waals surface area contributed by atoms with E-state index in [1.807, 2.05) is 0 Å². The van der Waals surface area contributed by atoms with Crippen molar-refractivity contribution in [3.63, 3.8) is 0 Å². The van der Waals surface area contributed by atoms with Gasteiger partial charge in [0.1, 0.15) is 0 Å². The summed E-state index contributed by atoms with van der Waals surface area (Å²) in [6, 6.07) is 1.74. The first-order valence-corrected chi connectivity index (χ1v) is 9.32. The van der Waals surface area contributed by atoms with Crippen LogP contribution in [0.15, 0.2) is 0 Å². The molecule has 1 saturated heterocycles. The maximum Gasteiger partial charge on any atom is 0.0124 e. The standard InChI is InChI=1S/C18H34N2/c1-15-7-2-5-10-17(15)19-12-14-20-13-6-11-18(20)16-8-3-4-9-16/h15-19H,2-14H2,1H3. The van der Waals surface area contributed by atoms with Gasteiger partial charge in [-0.05, 0) is 56.9 Å². The van der Waals surface area contributed by atoms with Crippen LogP contribution < -0.4 is 5.32 Å². The molecule has 20 heavy (non-hydrogen) atoms. The lowest BCUT2D eigenvalue weighted by Gasteiger charge is -2.32. The zero-order chi connectivity index (χ0) is 13.8. The Bertz CT molecular complexity index is 285. The van der Waals surface area contributed by atoms with E-state index in [1.54, 1.807) is 0 Å². The van der Waals surface area contributed by atoms with Crippen molar-refractivity contribution in [3.8, 4) is 0 Å². The Balaban J connectivity index is 1.40. The molecule has 1 heterocycles. The molecule has 0 aromatic carbocycles. The molecular formula is C18H34N2. The van der Waals surface area contributed by atoms with Gasteiger partial charge in [0.2, 0.25) is 0 Å². The van der Waals surface area contributed by atoms with E-state index in [0.717, 1.165) is 23.9 Å². The van der Waals surface area contributed by atoms with Crippen LogP contribution in [0.2, 0.25) is 0 Å². The van der Waals surface area contributed by atoms with Gasteiger partial charge in [0, 0.05) is 25.2 Å². The van der Waals surface area contributed by atoms with Gasteiger partial charge in [0.05, 0.1) is 0 Å². The number of likely N-dealkylation sites (tertiary alicyclic amines) is 1. The summed E-state index contributed by atoms with van der Waals surface area (Å²) in [4.78, 5) is 2.82. The summed E-state index contributed by atoms with van der Waals surface area (Å²) in [5.74, 6) is 1.93. The van der Waals surface area contributed by atoms with Crippen LogP contribution in [0, 0.1) is 11.8 Å². The van der Waals surface area contributed by atoms with E-state index >= 15 is 0 Å². The Hall–Kier alpha value is -0.0800. The van der Waals surface area contributed by atoms with Crippen LogP contribution in [0.25, 0.3) is 0 Å². The van der Waals surface area contributed by atoms with Crippen LogP contribution in [-0.4, -0.2) is 36.6 Å². The number of hydrogen-bond acceptors (Lipinski definition) is 2. The van der Waals surface area contributed by atoms with Crippen molar-refractivity contribution in [3.05, 3.63) is 0 Å². The zero-order valence-corrected chi connectivity index (χ0v) is 13.4. The van der Waals surface area contributed by atoms with Gasteiger partial charge in [0.25, 0.3) is 0 Å². The van der Waals surface area contributed by atoms with Gasteiger partial charge in [0.15, 0.2) is 0 Å². The molecule has 0 aromatic heterocycles. The van der Waals surface area contributed by atoms with Crippen molar-refractivity contribution in [2.45, 2.75) is 83.2 Å². The molecule has 3 atom stereocenters. The number of nitrogens with one attached hydrogen (secondary N) is 1. The highest BCUT2D eigenvalue weighted by atomic mass is 15.2. The van der Waals surface area contributed by atoms with E-state index in [4.69, 9.17) is 0 Å². The van der Waals surface area contributed by atoms with Crippen molar-refractivity contribution >= 4 is 0 Å². The fourth-order valence-electron chi connectivity index (χ4n) is 5.02. The average Bonchev–Trinajstić information content (AvgIpc) is 3.11. The Morgan fingerprint density at radius 2 is 1.65 bits per heavy atom. The molecule has 0 spiro atoms. The molecule has 2 aliphatic carbocycles. The van der Waals surface area contributed by atoms with Crippen LogP contribution in [0.5, 0.6) is 0 Å². The summed E-state index contributed by atoms with van der Waals surface area (Å²) in [6.45, 7) is 6.32. The summed E-state index contributed by atoms with van der Waals surface area (Å²) >= 11 is 0. The highest BCUT2D eigenvalue weighted by Crippen LogP contribution is 2.35. The molecular weight excluding hydrogens is 244 g/mol. The van der Waals surface area contributed by atoms with Crippen molar-refractivity contribution in [1.29, 1.82) is 0 Å². The highest BCUT2D eigenvalue weighted by molar-refractivity contribution is 4.88. The normalized spacial score (nSPS) is 36.8. The smallest absolute Gasteiger partial charge is 0.0124 e. The maximum absolute atomic E-state index is 3.87. The topological polar surface area (TPSA) is 15.3 Å². The quantitative estimate of drug-likeness (QED) is 0.822. The highest BCUT2D eigenvalue weighted by Gasteiger charge is 2.32. The molecule has 0 amide bonds. The van der Waals surface area contributed by atoms with E-state index in [2.05, 4.69) is 17.1 Å². The maximum atomic E-state index is 3.87. The third-order valence-corrected chi connectivity index (χ3v) is 6.28. The summed E-state index contributed by atoms with van der Waals surface area (Å²) in [5.41, 5.74) is 0. The SMILES string of the molecule is CC1CCCCC1NCCN1CCCC1C1CCCC1. The third kappa shape index (κ3) is 3.57. The molecule has 116 valence electrons. The lowest BCUT2D eigenvalue weighted by molar-refractivity contribution is 0.183. The van der Waals surface area contributed by atoms with E-state index in [9.17, 15) is 0 Å². The van der Waals surface area contributed by atoms with E-state index < -0.39 is 0 Å². The largest absolute Gasteiger partial charge is 0.312 e. The second-order valence-electron chi connectivity index (χ2n) is 7.61. The van der Waals surface area contributed by atoms with E-state index in [-0.39, 0.29) is 0 Å². The van der Waals surface area contributed by atoms with Gasteiger partial charge in [-0.25, -0.2) is 0 Å². The Labute approximate surface area is 125 Å². The van der Waals surface area contributed by atoms with Gasteiger partial charge in [-0.3, -0.25) is 4.90 Å². The minimum absolute atomic E-state index is 0.802. The number of rotatable bonds is 5. The fourth-order valence-corrected chi connectivity index (χ4v) is 5.02. The van der Waals surface area contributed by atoms with Gasteiger partial charge >= 0.3 is 0 Å². The molecule has 3 aliphatic rings. The predicted octanol–water partition coefficient (Wildman–Crippen LogP) is 3.81. The van der Waals surface area contributed by atoms with Crippen LogP contribution in [0.1, 0.15) is 71.1 Å². The van der Waals surface area contributed by atoms with Crippen molar-refractivity contribution in [2.24, 2.45) is 11.8 Å². The minimum Gasteiger partial charge on any atom is -0.312 e. The van der Waals surface area contributed by atoms with Gasteiger partial charge in [-0.1, -0.05) is 32.6 Å². The molecule has 3 rings (SSSR count). The van der Waals surface area contributed by atoms with Crippen molar-refractivity contribution < 1.29 is 0 Å². The van der Waals surface area contributed by atoms with Crippen molar-refractivity contribution in [2.75, 3.05) is 19.6 Å². The molecule has 2 heteroatoms. The average molecular weight is 278 g/mol. The zero-order valence-electron chi connectivity index (χ0n) is 13.4. The monoisotopic (exact) mass is 278 g/mol. The Kier molecular flexibility index (Phi) is 5.39. The number of nitrogens with zero attached hydrogens (tertiary/aromatic N) is 1. The molecule has 3 unspecified atom stereocenters. The van der Waals surface area contributed by atoms with Gasteiger partial charge in [-0.15, -0.1) is 0 Å².